The molecular weight excluding hydrogens is 258 g/mol. The van der Waals surface area contributed by atoms with Crippen molar-refractivity contribution >= 4 is 17.6 Å². The fourth-order valence-corrected chi connectivity index (χ4v) is 2.79. The highest BCUT2D eigenvalue weighted by Crippen LogP contribution is 2.25. The molecule has 0 radical (unpaired) electrons. The largest absolute Gasteiger partial charge is 0.376 e. The summed E-state index contributed by atoms with van der Waals surface area (Å²) in [6, 6.07) is 0. The number of aromatic nitrogens is 2. The molecule has 2 heterocycles. The summed E-state index contributed by atoms with van der Waals surface area (Å²) in [6.45, 7) is 8.84. The third-order valence-electron chi connectivity index (χ3n) is 3.28. The van der Waals surface area contributed by atoms with Gasteiger partial charge in [0.05, 0.1) is 24.7 Å². The van der Waals surface area contributed by atoms with Crippen LogP contribution < -0.4 is 5.32 Å². The number of rotatable bonds is 6. The van der Waals surface area contributed by atoms with E-state index in [1.807, 2.05) is 11.8 Å². The highest BCUT2D eigenvalue weighted by molar-refractivity contribution is 7.99. The van der Waals surface area contributed by atoms with Crippen molar-refractivity contribution in [2.45, 2.75) is 51.2 Å². The molecule has 0 amide bonds. The summed E-state index contributed by atoms with van der Waals surface area (Å²) in [5, 5.41) is 4.00. The smallest absolute Gasteiger partial charge is 0.140 e. The highest BCUT2D eigenvalue weighted by Gasteiger charge is 2.18. The molecule has 5 heteroatoms. The Morgan fingerprint density at radius 2 is 2.21 bits per heavy atom. The van der Waals surface area contributed by atoms with E-state index in [1.54, 1.807) is 0 Å². The number of anilines is 1. The number of hydrogen-bond acceptors (Lipinski definition) is 5. The second-order valence-electron chi connectivity index (χ2n) is 4.78. The lowest BCUT2D eigenvalue weighted by Gasteiger charge is -2.20. The maximum Gasteiger partial charge on any atom is 0.140 e. The van der Waals surface area contributed by atoms with Crippen LogP contribution in [0.15, 0.2) is 0 Å². The van der Waals surface area contributed by atoms with E-state index >= 15 is 0 Å². The molecule has 1 aliphatic heterocycles. The number of fused-ring (bicyclic) bond motifs is 1. The van der Waals surface area contributed by atoms with Gasteiger partial charge in [0, 0.05) is 23.8 Å². The zero-order valence-corrected chi connectivity index (χ0v) is 12.8. The van der Waals surface area contributed by atoms with Crippen molar-refractivity contribution in [3.05, 3.63) is 17.1 Å². The molecule has 0 spiro atoms. The van der Waals surface area contributed by atoms with E-state index in [4.69, 9.17) is 9.72 Å². The zero-order valence-electron chi connectivity index (χ0n) is 12.0. The van der Waals surface area contributed by atoms with E-state index in [2.05, 4.69) is 31.1 Å². The quantitative estimate of drug-likeness (QED) is 0.868. The van der Waals surface area contributed by atoms with Gasteiger partial charge in [0.15, 0.2) is 0 Å². The van der Waals surface area contributed by atoms with Crippen molar-refractivity contribution in [2.24, 2.45) is 0 Å². The van der Waals surface area contributed by atoms with E-state index < -0.39 is 0 Å². The van der Waals surface area contributed by atoms with Crippen LogP contribution in [0.2, 0.25) is 0 Å². The second kappa shape index (κ2) is 7.10. The molecule has 4 nitrogen and oxygen atoms in total. The Bertz CT molecular complexity index is 425. The molecule has 1 unspecified atom stereocenters. The average Bonchev–Trinajstić information content (AvgIpc) is 2.45. The Balaban J connectivity index is 2.17. The Kier molecular flexibility index (Phi) is 5.45. The number of nitrogens with zero attached hydrogens (tertiary/aromatic N) is 2. The van der Waals surface area contributed by atoms with Crippen molar-refractivity contribution in [1.29, 1.82) is 0 Å². The molecule has 1 aliphatic rings. The molecule has 1 aromatic heterocycles. The maximum atomic E-state index is 5.51. The topological polar surface area (TPSA) is 47.0 Å². The van der Waals surface area contributed by atoms with Crippen molar-refractivity contribution in [2.75, 3.05) is 18.5 Å². The van der Waals surface area contributed by atoms with Gasteiger partial charge in [0.1, 0.15) is 11.6 Å². The first-order valence-electron chi connectivity index (χ1n) is 7.06. The summed E-state index contributed by atoms with van der Waals surface area (Å²) in [4.78, 5) is 9.37. The molecule has 0 aliphatic carbocycles. The minimum Gasteiger partial charge on any atom is -0.376 e. The first-order valence-corrected chi connectivity index (χ1v) is 8.11. The van der Waals surface area contributed by atoms with Crippen LogP contribution in [0, 0.1) is 0 Å². The molecular formula is C14H23N3OS. The van der Waals surface area contributed by atoms with Crippen LogP contribution in [0.5, 0.6) is 0 Å². The fourth-order valence-electron chi connectivity index (χ4n) is 2.00. The van der Waals surface area contributed by atoms with Gasteiger partial charge in [0.2, 0.25) is 0 Å². The van der Waals surface area contributed by atoms with Gasteiger partial charge in [-0.3, -0.25) is 0 Å². The van der Waals surface area contributed by atoms with Gasteiger partial charge >= 0.3 is 0 Å². The van der Waals surface area contributed by atoms with Crippen LogP contribution in [0.4, 0.5) is 5.82 Å². The van der Waals surface area contributed by atoms with Crippen LogP contribution >= 0.6 is 11.8 Å². The molecule has 0 bridgehead atoms. The van der Waals surface area contributed by atoms with Gasteiger partial charge < -0.3 is 10.1 Å². The lowest BCUT2D eigenvalue weighted by Crippen LogP contribution is -2.18. The normalized spacial score (nSPS) is 15.9. The molecule has 0 saturated heterocycles. The Morgan fingerprint density at radius 3 is 2.95 bits per heavy atom. The minimum atomic E-state index is 0.635. The molecule has 0 aromatic carbocycles. The Labute approximate surface area is 119 Å². The summed E-state index contributed by atoms with van der Waals surface area (Å²) in [6.07, 6.45) is 2.08. The second-order valence-corrected chi connectivity index (χ2v) is 6.20. The third-order valence-corrected chi connectivity index (χ3v) is 4.61. The average molecular weight is 281 g/mol. The lowest BCUT2D eigenvalue weighted by molar-refractivity contribution is 0.109. The molecule has 0 saturated carbocycles. The van der Waals surface area contributed by atoms with E-state index in [0.29, 0.717) is 11.9 Å². The minimum absolute atomic E-state index is 0.635. The lowest BCUT2D eigenvalue weighted by atomic mass is 10.1. The fraction of sp³-hybridized carbons (Fsp3) is 0.714. The van der Waals surface area contributed by atoms with Crippen LogP contribution in [0.1, 0.15) is 44.3 Å². The standard InChI is InChI=1S/C14H23N3OS/c1-4-10(3)19-9-13-16-12-6-7-18-8-11(12)14(17-13)15-5-2/h10H,4-9H2,1-3H3,(H,15,16,17). The predicted octanol–water partition coefficient (Wildman–Crippen LogP) is 3.01. The number of ether oxygens (including phenoxy) is 1. The molecule has 2 rings (SSSR count). The van der Waals surface area contributed by atoms with Gasteiger partial charge in [-0.1, -0.05) is 13.8 Å². The Morgan fingerprint density at radius 1 is 1.37 bits per heavy atom. The van der Waals surface area contributed by atoms with Gasteiger partial charge in [-0.25, -0.2) is 9.97 Å². The van der Waals surface area contributed by atoms with Crippen molar-refractivity contribution in [3.8, 4) is 0 Å². The molecule has 1 N–H and O–H groups in total. The van der Waals surface area contributed by atoms with Gasteiger partial charge in [-0.2, -0.15) is 11.8 Å². The van der Waals surface area contributed by atoms with Crippen molar-refractivity contribution in [1.82, 2.24) is 9.97 Å². The number of hydrogen-bond donors (Lipinski definition) is 1. The summed E-state index contributed by atoms with van der Waals surface area (Å²) in [5.74, 6) is 2.80. The molecule has 106 valence electrons. The Hall–Kier alpha value is -0.810. The van der Waals surface area contributed by atoms with Crippen LogP contribution in [0.25, 0.3) is 0 Å². The van der Waals surface area contributed by atoms with Gasteiger partial charge in [-0.15, -0.1) is 0 Å². The molecule has 1 atom stereocenters. The van der Waals surface area contributed by atoms with Crippen molar-refractivity contribution in [3.63, 3.8) is 0 Å². The van der Waals surface area contributed by atoms with E-state index in [9.17, 15) is 0 Å². The maximum absolute atomic E-state index is 5.51. The van der Waals surface area contributed by atoms with Gasteiger partial charge in [-0.05, 0) is 13.3 Å². The highest BCUT2D eigenvalue weighted by atomic mass is 32.2. The predicted molar refractivity (Wildman–Crippen MR) is 80.6 cm³/mol. The molecule has 19 heavy (non-hydrogen) atoms. The van der Waals surface area contributed by atoms with E-state index in [1.165, 1.54) is 6.42 Å². The first-order chi connectivity index (χ1) is 9.24. The summed E-state index contributed by atoms with van der Waals surface area (Å²) in [5.41, 5.74) is 2.31. The zero-order chi connectivity index (χ0) is 13.7. The summed E-state index contributed by atoms with van der Waals surface area (Å²) >= 11 is 1.92. The van der Waals surface area contributed by atoms with Crippen LogP contribution in [0.3, 0.4) is 0 Å². The van der Waals surface area contributed by atoms with Crippen LogP contribution in [-0.4, -0.2) is 28.4 Å². The number of nitrogens with one attached hydrogen (secondary N) is 1. The number of thioether (sulfide) groups is 1. The van der Waals surface area contributed by atoms with Crippen LogP contribution in [-0.2, 0) is 23.5 Å². The van der Waals surface area contributed by atoms with Gasteiger partial charge in [0.25, 0.3) is 0 Å². The van der Waals surface area contributed by atoms with Crippen molar-refractivity contribution < 1.29 is 4.74 Å². The summed E-state index contributed by atoms with van der Waals surface area (Å²) in [7, 11) is 0. The first kappa shape index (κ1) is 14.6. The van der Waals surface area contributed by atoms with E-state index in [0.717, 1.165) is 48.2 Å². The molecule has 1 aromatic rings. The van der Waals surface area contributed by atoms with E-state index in [-0.39, 0.29) is 0 Å². The monoisotopic (exact) mass is 281 g/mol. The summed E-state index contributed by atoms with van der Waals surface area (Å²) < 4.78 is 5.51. The molecule has 0 fully saturated rings. The SMILES string of the molecule is CCNc1nc(CSC(C)CC)nc2c1COCC2. The third kappa shape index (κ3) is 3.83.